The van der Waals surface area contributed by atoms with Crippen LogP contribution in [0.15, 0.2) is 30.3 Å². The van der Waals surface area contributed by atoms with Crippen LogP contribution < -0.4 is 0 Å². The smallest absolute Gasteiger partial charge is 0.0239 e. The zero-order chi connectivity index (χ0) is 9.97. The third kappa shape index (κ3) is 1.98. The predicted octanol–water partition coefficient (Wildman–Crippen LogP) is 3.06. The summed E-state index contributed by atoms with van der Waals surface area (Å²) >= 11 is 0. The summed E-state index contributed by atoms with van der Waals surface area (Å²) in [5.41, 5.74) is 1.44. The van der Waals surface area contributed by atoms with Gasteiger partial charge in [0.2, 0.25) is 0 Å². The fourth-order valence-electron chi connectivity index (χ4n) is 2.35. The monoisotopic (exact) mass is 189 g/mol. The summed E-state index contributed by atoms with van der Waals surface area (Å²) in [6.07, 6.45) is 2.71. The van der Waals surface area contributed by atoms with Crippen LogP contribution >= 0.6 is 0 Å². The number of hydrogen-bond acceptors (Lipinski definition) is 1. The Morgan fingerprint density at radius 3 is 2.21 bits per heavy atom. The van der Waals surface area contributed by atoms with Crippen molar-refractivity contribution in [2.45, 2.75) is 45.3 Å². The van der Waals surface area contributed by atoms with Gasteiger partial charge in [-0.15, -0.1) is 0 Å². The molecule has 0 saturated carbocycles. The van der Waals surface area contributed by atoms with E-state index in [0.29, 0.717) is 0 Å². The lowest BCUT2D eigenvalue weighted by Gasteiger charge is -2.25. The van der Waals surface area contributed by atoms with Crippen molar-refractivity contribution in [2.75, 3.05) is 0 Å². The van der Waals surface area contributed by atoms with Crippen LogP contribution in [-0.4, -0.2) is 17.0 Å². The molecule has 1 nitrogen and oxygen atoms in total. The van der Waals surface area contributed by atoms with Gasteiger partial charge >= 0.3 is 0 Å². The van der Waals surface area contributed by atoms with Crippen molar-refractivity contribution in [1.82, 2.24) is 4.90 Å². The second-order valence-electron chi connectivity index (χ2n) is 4.43. The van der Waals surface area contributed by atoms with E-state index in [-0.39, 0.29) is 0 Å². The highest BCUT2D eigenvalue weighted by molar-refractivity contribution is 5.15. The van der Waals surface area contributed by atoms with Crippen molar-refractivity contribution in [1.29, 1.82) is 0 Å². The molecule has 1 aliphatic heterocycles. The van der Waals surface area contributed by atoms with E-state index in [2.05, 4.69) is 49.1 Å². The van der Waals surface area contributed by atoms with Crippen molar-refractivity contribution in [3.8, 4) is 0 Å². The third-order valence-electron chi connectivity index (χ3n) is 3.34. The van der Waals surface area contributed by atoms with Gasteiger partial charge < -0.3 is 0 Å². The summed E-state index contributed by atoms with van der Waals surface area (Å²) in [6, 6.07) is 12.3. The average Bonchev–Trinajstić information content (AvgIpc) is 2.51. The maximum absolute atomic E-state index is 2.61. The second-order valence-corrected chi connectivity index (χ2v) is 4.43. The molecule has 0 spiro atoms. The minimum atomic E-state index is 0.755. The van der Waals surface area contributed by atoms with Crippen LogP contribution in [0.2, 0.25) is 0 Å². The number of benzene rings is 1. The Kier molecular flexibility index (Phi) is 2.87. The van der Waals surface area contributed by atoms with Crippen molar-refractivity contribution in [3.05, 3.63) is 35.9 Å². The molecule has 1 saturated heterocycles. The van der Waals surface area contributed by atoms with Gasteiger partial charge in [0.1, 0.15) is 0 Å². The molecule has 1 heteroatoms. The van der Waals surface area contributed by atoms with E-state index in [1.165, 1.54) is 18.4 Å². The maximum atomic E-state index is 2.61. The molecule has 76 valence electrons. The van der Waals surface area contributed by atoms with Crippen molar-refractivity contribution < 1.29 is 0 Å². The molecule has 0 aromatic heterocycles. The van der Waals surface area contributed by atoms with E-state index in [4.69, 9.17) is 0 Å². The summed E-state index contributed by atoms with van der Waals surface area (Å²) in [5, 5.41) is 0. The van der Waals surface area contributed by atoms with E-state index >= 15 is 0 Å². The Morgan fingerprint density at radius 1 is 1.07 bits per heavy atom. The molecule has 0 bridgehead atoms. The van der Waals surface area contributed by atoms with Crippen LogP contribution in [0.5, 0.6) is 0 Å². The van der Waals surface area contributed by atoms with Crippen LogP contribution in [0.1, 0.15) is 32.3 Å². The molecule has 1 aromatic rings. The van der Waals surface area contributed by atoms with Gasteiger partial charge in [-0.1, -0.05) is 30.3 Å². The fraction of sp³-hybridized carbons (Fsp3) is 0.538. The van der Waals surface area contributed by atoms with Crippen LogP contribution in [-0.2, 0) is 6.54 Å². The quantitative estimate of drug-likeness (QED) is 0.691. The summed E-state index contributed by atoms with van der Waals surface area (Å²) < 4.78 is 0. The van der Waals surface area contributed by atoms with E-state index in [1.807, 2.05) is 0 Å². The lowest BCUT2D eigenvalue weighted by molar-refractivity contribution is 0.205. The van der Waals surface area contributed by atoms with Crippen LogP contribution in [0.4, 0.5) is 0 Å². The highest BCUT2D eigenvalue weighted by Crippen LogP contribution is 2.25. The van der Waals surface area contributed by atoms with E-state index in [0.717, 1.165) is 18.6 Å². The first-order valence-corrected chi connectivity index (χ1v) is 5.57. The first-order valence-electron chi connectivity index (χ1n) is 5.57. The molecule has 0 amide bonds. The van der Waals surface area contributed by atoms with Gasteiger partial charge in [0.15, 0.2) is 0 Å². The largest absolute Gasteiger partial charge is 0.294 e. The van der Waals surface area contributed by atoms with Gasteiger partial charge in [0.25, 0.3) is 0 Å². The summed E-state index contributed by atoms with van der Waals surface area (Å²) in [4.78, 5) is 2.61. The van der Waals surface area contributed by atoms with Crippen molar-refractivity contribution in [3.63, 3.8) is 0 Å². The Morgan fingerprint density at radius 2 is 1.64 bits per heavy atom. The highest BCUT2D eigenvalue weighted by atomic mass is 15.2. The average molecular weight is 189 g/mol. The molecule has 1 aromatic carbocycles. The second kappa shape index (κ2) is 4.14. The molecular formula is C13H19N. The number of nitrogens with zero attached hydrogens (tertiary/aromatic N) is 1. The molecular weight excluding hydrogens is 170 g/mol. The van der Waals surface area contributed by atoms with Crippen LogP contribution in [0, 0.1) is 0 Å². The summed E-state index contributed by atoms with van der Waals surface area (Å²) in [7, 11) is 0. The van der Waals surface area contributed by atoms with Crippen LogP contribution in [0.3, 0.4) is 0 Å². The summed E-state index contributed by atoms with van der Waals surface area (Å²) in [5.74, 6) is 0. The van der Waals surface area contributed by atoms with Gasteiger partial charge in [-0.25, -0.2) is 0 Å². The molecule has 1 aliphatic rings. The SMILES string of the molecule is CC1CCC(C)N1Cc1ccccc1. The third-order valence-corrected chi connectivity index (χ3v) is 3.34. The highest BCUT2D eigenvalue weighted by Gasteiger charge is 2.26. The summed E-state index contributed by atoms with van der Waals surface area (Å²) in [6.45, 7) is 5.79. The molecule has 14 heavy (non-hydrogen) atoms. The molecule has 1 heterocycles. The van der Waals surface area contributed by atoms with E-state index < -0.39 is 0 Å². The molecule has 2 atom stereocenters. The van der Waals surface area contributed by atoms with E-state index in [1.54, 1.807) is 0 Å². The number of rotatable bonds is 2. The Balaban J connectivity index is 2.04. The van der Waals surface area contributed by atoms with Gasteiger partial charge in [-0.3, -0.25) is 4.90 Å². The number of likely N-dealkylation sites (tertiary alicyclic amines) is 1. The first-order chi connectivity index (χ1) is 6.77. The van der Waals surface area contributed by atoms with Gasteiger partial charge in [-0.2, -0.15) is 0 Å². The molecule has 0 N–H and O–H groups in total. The molecule has 2 rings (SSSR count). The van der Waals surface area contributed by atoms with Gasteiger partial charge in [-0.05, 0) is 32.3 Å². The first kappa shape index (κ1) is 9.72. The topological polar surface area (TPSA) is 3.24 Å². The maximum Gasteiger partial charge on any atom is 0.0239 e. The van der Waals surface area contributed by atoms with Crippen molar-refractivity contribution in [2.24, 2.45) is 0 Å². The van der Waals surface area contributed by atoms with E-state index in [9.17, 15) is 0 Å². The lowest BCUT2D eigenvalue weighted by Crippen LogP contribution is -2.31. The number of hydrogen-bond donors (Lipinski definition) is 0. The van der Waals surface area contributed by atoms with Crippen LogP contribution in [0.25, 0.3) is 0 Å². The zero-order valence-electron chi connectivity index (χ0n) is 9.11. The Bertz CT molecular complexity index is 271. The normalized spacial score (nSPS) is 28.1. The standard InChI is InChI=1S/C13H19N/c1-11-8-9-12(2)14(11)10-13-6-4-3-5-7-13/h3-7,11-12H,8-10H2,1-2H3. The Hall–Kier alpha value is -0.820. The van der Waals surface area contributed by atoms with Gasteiger partial charge in [0, 0.05) is 18.6 Å². The molecule has 0 radical (unpaired) electrons. The zero-order valence-corrected chi connectivity index (χ0v) is 9.11. The Labute approximate surface area is 86.7 Å². The van der Waals surface area contributed by atoms with Crippen molar-refractivity contribution >= 4 is 0 Å². The molecule has 2 unspecified atom stereocenters. The molecule has 0 aliphatic carbocycles. The fourth-order valence-corrected chi connectivity index (χ4v) is 2.35. The minimum absolute atomic E-state index is 0.755. The molecule has 1 fully saturated rings. The lowest BCUT2D eigenvalue weighted by atomic mass is 10.2. The van der Waals surface area contributed by atoms with Gasteiger partial charge in [0.05, 0.1) is 0 Å². The minimum Gasteiger partial charge on any atom is -0.294 e. The predicted molar refractivity (Wildman–Crippen MR) is 60.1 cm³/mol.